The minimum atomic E-state index is -0.305. The number of fused-ring (bicyclic) bond motifs is 1. The number of ether oxygens (including phenoxy) is 2. The Morgan fingerprint density at radius 2 is 2.18 bits per heavy atom. The Kier molecular flexibility index (Phi) is 4.31. The van der Waals surface area contributed by atoms with E-state index in [-0.39, 0.29) is 18.0 Å². The molecule has 1 unspecified atom stereocenters. The van der Waals surface area contributed by atoms with Gasteiger partial charge in [-0.15, -0.1) is 0 Å². The van der Waals surface area contributed by atoms with Crippen LogP contribution < -0.4 is 26.3 Å². The maximum absolute atomic E-state index is 12.0. The predicted octanol–water partition coefficient (Wildman–Crippen LogP) is -0.728. The molecule has 0 spiro atoms. The molecule has 1 aliphatic heterocycles. The van der Waals surface area contributed by atoms with Gasteiger partial charge < -0.3 is 14.8 Å². The molecule has 1 aromatic rings. The topological polar surface area (TPSA) is 76.8 Å². The zero-order valence-corrected chi connectivity index (χ0v) is 12.6. The number of hydrogen-bond donors (Lipinski definition) is 2. The molecule has 0 radical (unpaired) electrons. The number of hydrogen-bond acceptors (Lipinski definition) is 5. The summed E-state index contributed by atoms with van der Waals surface area (Å²) < 4.78 is 10.5. The van der Waals surface area contributed by atoms with Gasteiger partial charge in [-0.1, -0.05) is 6.07 Å². The van der Waals surface area contributed by atoms with E-state index in [9.17, 15) is 4.79 Å². The maximum atomic E-state index is 12.0. The Balaban J connectivity index is 1.73. The zero-order chi connectivity index (χ0) is 15.5. The number of rotatable bonds is 6. The number of benzene rings is 1. The van der Waals surface area contributed by atoms with Crippen LogP contribution in [0.15, 0.2) is 18.2 Å². The summed E-state index contributed by atoms with van der Waals surface area (Å²) in [6, 6.07) is 5.83. The van der Waals surface area contributed by atoms with Gasteiger partial charge in [0, 0.05) is 24.4 Å². The highest BCUT2D eigenvalue weighted by Gasteiger charge is 2.34. The summed E-state index contributed by atoms with van der Waals surface area (Å²) in [6.45, 7) is 1.07. The largest absolute Gasteiger partial charge is 0.491 e. The van der Waals surface area contributed by atoms with Crippen LogP contribution in [0.5, 0.6) is 5.75 Å². The number of nitrogens with zero attached hydrogens (tertiary/aromatic N) is 1. The SMILES string of the molecule is COCCOc1ccc2c(c1)=CNC(N(N)C(=O)C1CC1)C=2. The van der Waals surface area contributed by atoms with Crippen molar-refractivity contribution in [1.29, 1.82) is 0 Å². The number of nitrogens with two attached hydrogens (primary N) is 1. The van der Waals surface area contributed by atoms with E-state index in [0.29, 0.717) is 13.2 Å². The molecule has 1 amide bonds. The molecule has 0 saturated heterocycles. The first kappa shape index (κ1) is 14.9. The van der Waals surface area contributed by atoms with E-state index >= 15 is 0 Å². The summed E-state index contributed by atoms with van der Waals surface area (Å²) in [5.74, 6) is 6.84. The average molecular weight is 303 g/mol. The molecular weight excluding hydrogens is 282 g/mol. The Hall–Kier alpha value is -2.05. The second-order valence-electron chi connectivity index (χ2n) is 5.57. The zero-order valence-electron chi connectivity index (χ0n) is 12.6. The fourth-order valence-corrected chi connectivity index (χ4v) is 2.39. The fourth-order valence-electron chi connectivity index (χ4n) is 2.39. The number of methoxy groups -OCH3 is 1. The van der Waals surface area contributed by atoms with E-state index in [1.54, 1.807) is 7.11 Å². The third-order valence-electron chi connectivity index (χ3n) is 3.84. The summed E-state index contributed by atoms with van der Waals surface area (Å²) in [5.41, 5.74) is 0. The summed E-state index contributed by atoms with van der Waals surface area (Å²) in [7, 11) is 1.64. The van der Waals surface area contributed by atoms with Crippen LogP contribution in [-0.4, -0.2) is 37.4 Å². The van der Waals surface area contributed by atoms with Gasteiger partial charge in [0.1, 0.15) is 18.5 Å². The smallest absolute Gasteiger partial charge is 0.241 e. The predicted molar refractivity (Wildman–Crippen MR) is 82.7 cm³/mol. The highest BCUT2D eigenvalue weighted by molar-refractivity contribution is 5.81. The quantitative estimate of drug-likeness (QED) is 0.314. The van der Waals surface area contributed by atoms with Crippen LogP contribution >= 0.6 is 0 Å². The van der Waals surface area contributed by atoms with Crippen molar-refractivity contribution < 1.29 is 14.3 Å². The van der Waals surface area contributed by atoms with Crippen molar-refractivity contribution in [1.82, 2.24) is 10.3 Å². The van der Waals surface area contributed by atoms with Crippen LogP contribution in [0.1, 0.15) is 12.8 Å². The molecule has 1 aliphatic carbocycles. The van der Waals surface area contributed by atoms with Gasteiger partial charge in [0.2, 0.25) is 5.91 Å². The molecule has 3 rings (SSSR count). The monoisotopic (exact) mass is 303 g/mol. The first-order valence-corrected chi connectivity index (χ1v) is 7.47. The second-order valence-corrected chi connectivity index (χ2v) is 5.57. The average Bonchev–Trinajstić information content (AvgIpc) is 3.38. The summed E-state index contributed by atoms with van der Waals surface area (Å²) in [6.07, 6.45) is 5.40. The van der Waals surface area contributed by atoms with Crippen LogP contribution in [0.4, 0.5) is 0 Å². The normalized spacial score (nSPS) is 19.3. The lowest BCUT2D eigenvalue weighted by Gasteiger charge is -2.27. The number of carbonyl (C=O) groups excluding carboxylic acids is 1. The van der Waals surface area contributed by atoms with E-state index < -0.39 is 0 Å². The van der Waals surface area contributed by atoms with Gasteiger partial charge in [-0.05, 0) is 36.3 Å². The molecule has 0 bridgehead atoms. The lowest BCUT2D eigenvalue weighted by Crippen LogP contribution is -2.54. The fraction of sp³-hybridized carbons (Fsp3) is 0.438. The van der Waals surface area contributed by atoms with E-state index in [0.717, 1.165) is 29.0 Å². The molecule has 1 fully saturated rings. The minimum Gasteiger partial charge on any atom is -0.491 e. The van der Waals surface area contributed by atoms with E-state index in [2.05, 4.69) is 5.32 Å². The van der Waals surface area contributed by atoms with Crippen molar-refractivity contribution in [2.45, 2.75) is 19.0 Å². The standard InChI is InChI=1S/C16H21N3O3/c1-21-6-7-22-14-5-4-12-9-15(18-10-13(12)8-14)19(17)16(20)11-2-3-11/h4-5,8-11,15,18H,2-3,6-7,17H2,1H3. The van der Waals surface area contributed by atoms with Gasteiger partial charge in [0.05, 0.1) is 6.61 Å². The molecule has 1 heterocycles. The summed E-state index contributed by atoms with van der Waals surface area (Å²) >= 11 is 0. The van der Waals surface area contributed by atoms with Crippen LogP contribution in [0.3, 0.4) is 0 Å². The first-order chi connectivity index (χ1) is 10.7. The van der Waals surface area contributed by atoms with Crippen molar-refractivity contribution in [2.24, 2.45) is 11.8 Å². The molecule has 22 heavy (non-hydrogen) atoms. The van der Waals surface area contributed by atoms with Gasteiger partial charge in [-0.25, -0.2) is 5.84 Å². The van der Waals surface area contributed by atoms with E-state index in [1.807, 2.05) is 30.5 Å². The molecule has 6 heteroatoms. The van der Waals surface area contributed by atoms with Crippen LogP contribution in [-0.2, 0) is 9.53 Å². The molecule has 1 aromatic carbocycles. The van der Waals surface area contributed by atoms with Crippen molar-refractivity contribution in [2.75, 3.05) is 20.3 Å². The van der Waals surface area contributed by atoms with Crippen LogP contribution in [0.25, 0.3) is 12.3 Å². The van der Waals surface area contributed by atoms with Crippen molar-refractivity contribution >= 4 is 18.2 Å². The third-order valence-corrected chi connectivity index (χ3v) is 3.84. The molecule has 3 N–H and O–H groups in total. The molecule has 118 valence electrons. The Bertz CT molecular complexity index is 670. The second kappa shape index (κ2) is 6.37. The minimum absolute atomic E-state index is 0.00474. The van der Waals surface area contributed by atoms with Crippen molar-refractivity contribution in [3.05, 3.63) is 28.6 Å². The summed E-state index contributed by atoms with van der Waals surface area (Å²) in [5, 5.41) is 6.49. The Morgan fingerprint density at radius 3 is 2.91 bits per heavy atom. The molecule has 6 nitrogen and oxygen atoms in total. The van der Waals surface area contributed by atoms with Crippen molar-refractivity contribution in [3.63, 3.8) is 0 Å². The lowest BCUT2D eigenvalue weighted by molar-refractivity contribution is -0.134. The Morgan fingerprint density at radius 1 is 1.36 bits per heavy atom. The highest BCUT2D eigenvalue weighted by Crippen LogP contribution is 2.30. The number of nitrogens with one attached hydrogen (secondary N) is 1. The highest BCUT2D eigenvalue weighted by atomic mass is 16.5. The third kappa shape index (κ3) is 3.23. The first-order valence-electron chi connectivity index (χ1n) is 7.47. The van der Waals surface area contributed by atoms with E-state index in [1.165, 1.54) is 5.01 Å². The van der Waals surface area contributed by atoms with Gasteiger partial charge in [-0.3, -0.25) is 9.80 Å². The van der Waals surface area contributed by atoms with E-state index in [4.69, 9.17) is 15.3 Å². The molecule has 1 saturated carbocycles. The van der Waals surface area contributed by atoms with Crippen molar-refractivity contribution in [3.8, 4) is 5.75 Å². The number of carbonyl (C=O) groups is 1. The van der Waals surface area contributed by atoms with Gasteiger partial charge in [-0.2, -0.15) is 0 Å². The number of amides is 1. The van der Waals surface area contributed by atoms with Crippen LogP contribution in [0, 0.1) is 5.92 Å². The lowest BCUT2D eigenvalue weighted by atomic mass is 10.1. The maximum Gasteiger partial charge on any atom is 0.241 e. The molecule has 2 aliphatic rings. The van der Waals surface area contributed by atoms with Crippen LogP contribution in [0.2, 0.25) is 0 Å². The number of hydrazine groups is 1. The molecular formula is C16H21N3O3. The Labute approximate surface area is 129 Å². The molecule has 0 aromatic heterocycles. The summed E-state index contributed by atoms with van der Waals surface area (Å²) in [4.78, 5) is 12.0. The van der Waals surface area contributed by atoms with Gasteiger partial charge >= 0.3 is 0 Å². The molecule has 1 atom stereocenters. The van der Waals surface area contributed by atoms with Gasteiger partial charge in [0.15, 0.2) is 0 Å². The van der Waals surface area contributed by atoms with Gasteiger partial charge in [0.25, 0.3) is 0 Å².